The molecule has 0 rings (SSSR count). The van der Waals surface area contributed by atoms with E-state index in [0.29, 0.717) is 19.5 Å². The molecular weight excluding hydrogens is 654 g/mol. The fourth-order valence-corrected chi connectivity index (χ4v) is 7.03. The number of hydrogen-bond acceptors (Lipinski definition) is 4. The molecule has 7 heteroatoms. The van der Waals surface area contributed by atoms with Gasteiger partial charge in [-0.25, -0.2) is 0 Å². The Morgan fingerprint density at radius 1 is 0.524 bits per heavy atom. The minimum atomic E-state index is -3.10. The Bertz CT molecular complexity index is 555. The highest BCUT2D eigenvalue weighted by Gasteiger charge is 2.27. The number of hydrogen-bond donors (Lipinski definition) is 0. The van der Waals surface area contributed by atoms with E-state index in [-0.39, 0.29) is 24.0 Å². The van der Waals surface area contributed by atoms with Crippen LogP contribution in [0.1, 0.15) is 168 Å². The quantitative estimate of drug-likeness (QED) is 0.0296. The second-order valence-corrected chi connectivity index (χ2v) is 15.8. The Morgan fingerprint density at radius 2 is 0.810 bits per heavy atom. The maximum atomic E-state index is 13.7. The van der Waals surface area contributed by atoms with Crippen molar-refractivity contribution in [2.75, 3.05) is 60.8 Å². The molecule has 0 atom stereocenters. The van der Waals surface area contributed by atoms with E-state index in [1.807, 2.05) is 7.05 Å². The summed E-state index contributed by atoms with van der Waals surface area (Å²) in [7, 11) is 5.53. The van der Waals surface area contributed by atoms with Gasteiger partial charge < -0.3 is 37.5 Å². The fourth-order valence-electron chi connectivity index (χ4n) is 5.25. The van der Waals surface area contributed by atoms with E-state index in [9.17, 15) is 4.57 Å². The molecule has 0 heterocycles. The number of nitrogens with zero attached hydrogens (tertiary/aromatic N) is 2. The zero-order valence-corrected chi connectivity index (χ0v) is 32.5. The maximum Gasteiger partial charge on any atom is 0.344 e. The van der Waals surface area contributed by atoms with Gasteiger partial charge in [-0.2, -0.15) is 0 Å². The van der Waals surface area contributed by atoms with Crippen molar-refractivity contribution in [3.05, 3.63) is 0 Å². The van der Waals surface area contributed by atoms with Crippen molar-refractivity contribution in [3.63, 3.8) is 0 Å². The zero-order valence-electron chi connectivity index (χ0n) is 29.5. The number of unbranched alkanes of at least 4 members (excludes halogenated alkanes) is 22. The van der Waals surface area contributed by atoms with Gasteiger partial charge in [0.25, 0.3) is 0 Å². The molecule has 0 aromatic heterocycles. The molecule has 0 saturated heterocycles. The van der Waals surface area contributed by atoms with Gasteiger partial charge in [0.05, 0.1) is 40.9 Å². The van der Waals surface area contributed by atoms with Crippen LogP contribution < -0.4 is 24.0 Å². The summed E-state index contributed by atoms with van der Waals surface area (Å²) in [5, 5.41) is 0. The highest BCUT2D eigenvalue weighted by molar-refractivity contribution is 7.53. The van der Waals surface area contributed by atoms with Gasteiger partial charge in [-0.05, 0) is 19.9 Å². The third kappa shape index (κ3) is 33.7. The molecule has 0 bridgehead atoms. The van der Waals surface area contributed by atoms with Crippen LogP contribution >= 0.6 is 7.60 Å². The molecule has 0 aromatic rings. The molecule has 0 N–H and O–H groups in total. The van der Waals surface area contributed by atoms with Gasteiger partial charge in [-0.15, -0.1) is 0 Å². The molecule has 0 aliphatic carbocycles. The normalized spacial score (nSPS) is 12.3. The maximum absolute atomic E-state index is 13.7. The molecule has 0 aromatic carbocycles. The monoisotopic (exact) mass is 730 g/mol. The Morgan fingerprint density at radius 3 is 1.10 bits per heavy atom. The lowest BCUT2D eigenvalue weighted by molar-refractivity contribution is -0.869. The Kier molecular flexibility index (Phi) is 34.0. The van der Waals surface area contributed by atoms with Crippen molar-refractivity contribution in [1.82, 2.24) is 4.90 Å². The van der Waals surface area contributed by atoms with E-state index in [1.165, 1.54) is 128 Å². The molecule has 0 unspecified atom stereocenters. The molecule has 256 valence electrons. The molecule has 42 heavy (non-hydrogen) atoms. The molecule has 5 nitrogen and oxygen atoms in total. The van der Waals surface area contributed by atoms with E-state index >= 15 is 0 Å². The van der Waals surface area contributed by atoms with E-state index in [1.54, 1.807) is 0 Å². The third-order valence-electron chi connectivity index (χ3n) is 8.14. The second kappa shape index (κ2) is 31.8. The number of rotatable bonds is 33. The lowest BCUT2D eigenvalue weighted by Crippen LogP contribution is -3.00. The Balaban J connectivity index is 0. The lowest BCUT2D eigenvalue weighted by atomic mass is 10.1. The smallest absolute Gasteiger partial charge is 0.344 e. The van der Waals surface area contributed by atoms with Gasteiger partial charge in [0.1, 0.15) is 6.29 Å². The van der Waals surface area contributed by atoms with Crippen molar-refractivity contribution >= 4 is 7.60 Å². The summed E-state index contributed by atoms with van der Waals surface area (Å²) in [5.74, 6) is 0. The predicted octanol–water partition coefficient (Wildman–Crippen LogP) is 8.21. The minimum Gasteiger partial charge on any atom is -1.00 e. The van der Waals surface area contributed by atoms with Crippen LogP contribution in [0.2, 0.25) is 0 Å². The van der Waals surface area contributed by atoms with Crippen molar-refractivity contribution in [2.24, 2.45) is 0 Å². The molecule has 0 aliphatic rings. The van der Waals surface area contributed by atoms with E-state index in [0.717, 1.165) is 43.3 Å². The van der Waals surface area contributed by atoms with Gasteiger partial charge in [-0.3, -0.25) is 9.46 Å². The third-order valence-corrected chi connectivity index (χ3v) is 10.1. The Hall–Kier alpha value is 0.800. The predicted molar refractivity (Wildman–Crippen MR) is 182 cm³/mol. The molecule has 0 aliphatic heterocycles. The molecule has 0 spiro atoms. The van der Waals surface area contributed by atoms with Crippen molar-refractivity contribution in [2.45, 2.75) is 168 Å². The van der Waals surface area contributed by atoms with Crippen LogP contribution in [0.4, 0.5) is 0 Å². The van der Waals surface area contributed by atoms with Gasteiger partial charge in [0.2, 0.25) is 0 Å². The van der Waals surface area contributed by atoms with Gasteiger partial charge in [0.15, 0.2) is 0 Å². The highest BCUT2D eigenvalue weighted by atomic mass is 127. The van der Waals surface area contributed by atoms with Crippen LogP contribution in [0.5, 0.6) is 0 Å². The van der Waals surface area contributed by atoms with Gasteiger partial charge in [-0.1, -0.05) is 155 Å². The molecule has 0 amide bonds. The molecule has 0 radical (unpaired) electrons. The number of halogens is 1. The summed E-state index contributed by atoms with van der Waals surface area (Å²) in [6, 6.07) is 0. The van der Waals surface area contributed by atoms with Crippen LogP contribution in [0.3, 0.4) is 0 Å². The number of quaternary nitrogens is 1. The first-order chi connectivity index (χ1) is 19.7. The van der Waals surface area contributed by atoms with Crippen molar-refractivity contribution in [3.8, 4) is 0 Å². The largest absolute Gasteiger partial charge is 1.00 e. The Labute approximate surface area is 282 Å². The molecule has 0 fully saturated rings. The minimum absolute atomic E-state index is 0. The summed E-state index contributed by atoms with van der Waals surface area (Å²) in [5.41, 5.74) is 0. The van der Waals surface area contributed by atoms with Crippen LogP contribution in [0.15, 0.2) is 0 Å². The first kappa shape index (κ1) is 44.9. The average molecular weight is 731 g/mol. The van der Waals surface area contributed by atoms with E-state index in [2.05, 4.69) is 39.9 Å². The van der Waals surface area contributed by atoms with Crippen LogP contribution in [-0.4, -0.2) is 70.2 Å². The average Bonchev–Trinajstić information content (AvgIpc) is 2.92. The first-order valence-electron chi connectivity index (χ1n) is 18.1. The standard InChI is InChI=1S/C35H76N2O3P.HI/c1-7-9-11-13-15-17-19-21-23-25-27-29-33-39-41(38,35-36(3)31-32-37(4,5)6)40-34-30-28-26-24-22-20-18-16-14-12-10-8-2;/h7-35H2,1-6H3;1H/q+1;/p-1. The van der Waals surface area contributed by atoms with Crippen molar-refractivity contribution < 1.29 is 42.1 Å². The highest BCUT2D eigenvalue weighted by Crippen LogP contribution is 2.48. The van der Waals surface area contributed by atoms with E-state index < -0.39 is 7.60 Å². The van der Waals surface area contributed by atoms with Crippen LogP contribution in [0.25, 0.3) is 0 Å². The van der Waals surface area contributed by atoms with Gasteiger partial charge >= 0.3 is 7.60 Å². The lowest BCUT2D eigenvalue weighted by Gasteiger charge is -2.28. The van der Waals surface area contributed by atoms with E-state index in [4.69, 9.17) is 9.05 Å². The molecular formula is C35H76IN2O3P. The van der Waals surface area contributed by atoms with Crippen LogP contribution in [0, 0.1) is 0 Å². The van der Waals surface area contributed by atoms with Crippen LogP contribution in [-0.2, 0) is 13.6 Å². The van der Waals surface area contributed by atoms with Gasteiger partial charge in [0, 0.05) is 6.54 Å². The summed E-state index contributed by atoms with van der Waals surface area (Å²) in [4.78, 5) is 2.13. The summed E-state index contributed by atoms with van der Waals surface area (Å²) in [6.45, 7) is 7.56. The SMILES string of the molecule is CCCCCCCCCCCCCCOP(=O)(CN(C)CC[N+](C)(C)C)OCCCCCCCCCCCCCC.[I-]. The van der Waals surface area contributed by atoms with Crippen molar-refractivity contribution in [1.29, 1.82) is 0 Å². The number of likely N-dealkylation sites (N-methyl/N-ethyl adjacent to an activating group) is 2. The summed E-state index contributed by atoms with van der Waals surface area (Å²) >= 11 is 0. The second-order valence-electron chi connectivity index (χ2n) is 13.8. The topological polar surface area (TPSA) is 38.8 Å². The molecule has 0 saturated carbocycles. The summed E-state index contributed by atoms with van der Waals surface area (Å²) < 4.78 is 26.6. The zero-order chi connectivity index (χ0) is 30.5. The fraction of sp³-hybridized carbons (Fsp3) is 1.00. The first-order valence-corrected chi connectivity index (χ1v) is 19.8. The summed E-state index contributed by atoms with van der Waals surface area (Å²) in [6.07, 6.45) is 32.0.